The number of halogens is 2. The van der Waals surface area contributed by atoms with E-state index in [9.17, 15) is 4.39 Å². The van der Waals surface area contributed by atoms with Crippen molar-refractivity contribution in [1.82, 2.24) is 0 Å². The maximum Gasteiger partial charge on any atom is 0.146 e. The Morgan fingerprint density at radius 3 is 2.71 bits per heavy atom. The minimum atomic E-state index is -0.191. The lowest BCUT2D eigenvalue weighted by Gasteiger charge is -2.37. The van der Waals surface area contributed by atoms with Crippen molar-refractivity contribution in [3.63, 3.8) is 0 Å². The van der Waals surface area contributed by atoms with Crippen LogP contribution in [0.4, 0.5) is 10.1 Å². The summed E-state index contributed by atoms with van der Waals surface area (Å²) < 4.78 is 14.2. The molecule has 1 aliphatic heterocycles. The highest BCUT2D eigenvalue weighted by Crippen LogP contribution is 2.51. The Bertz CT molecular complexity index is 725. The molecular weight excluding hydrogens is 285 g/mol. The Kier molecular flexibility index (Phi) is 3.00. The molecule has 3 atom stereocenters. The van der Waals surface area contributed by atoms with Gasteiger partial charge in [0.05, 0.1) is 11.7 Å². The molecule has 106 valence electrons. The molecule has 0 fully saturated rings. The molecule has 3 heteroatoms. The van der Waals surface area contributed by atoms with E-state index in [2.05, 4.69) is 17.5 Å². The zero-order chi connectivity index (χ0) is 14.4. The molecule has 1 heterocycles. The number of rotatable bonds is 1. The Balaban J connectivity index is 1.85. The van der Waals surface area contributed by atoms with Crippen molar-refractivity contribution in [2.75, 3.05) is 5.32 Å². The fourth-order valence-electron chi connectivity index (χ4n) is 3.62. The summed E-state index contributed by atoms with van der Waals surface area (Å²) in [5.74, 6) is 0.459. The molecule has 1 N–H and O–H groups in total. The molecule has 4 rings (SSSR count). The zero-order valence-electron chi connectivity index (χ0n) is 11.4. The number of fused-ring (bicyclic) bond motifs is 3. The molecule has 0 aromatic heterocycles. The van der Waals surface area contributed by atoms with E-state index in [0.717, 1.165) is 22.6 Å². The van der Waals surface area contributed by atoms with E-state index in [-0.39, 0.29) is 17.8 Å². The summed E-state index contributed by atoms with van der Waals surface area (Å²) >= 11 is 6.36. The summed E-state index contributed by atoms with van der Waals surface area (Å²) in [5.41, 5.74) is 2.72. The number of allylic oxidation sites excluding steroid dienone is 2. The zero-order valence-corrected chi connectivity index (χ0v) is 12.1. The molecule has 2 aliphatic rings. The second-order valence-corrected chi connectivity index (χ2v) is 6.11. The second kappa shape index (κ2) is 4.88. The molecule has 0 saturated heterocycles. The summed E-state index contributed by atoms with van der Waals surface area (Å²) in [6, 6.07) is 13.2. The number of hydrogen-bond acceptors (Lipinski definition) is 1. The van der Waals surface area contributed by atoms with E-state index in [1.807, 2.05) is 30.3 Å². The molecule has 1 nitrogen and oxygen atoms in total. The fraction of sp³-hybridized carbons (Fsp3) is 0.222. The number of benzene rings is 2. The molecule has 1 aliphatic carbocycles. The maximum atomic E-state index is 14.2. The summed E-state index contributed by atoms with van der Waals surface area (Å²) in [7, 11) is 0. The molecule has 0 unspecified atom stereocenters. The van der Waals surface area contributed by atoms with Gasteiger partial charge in [0.2, 0.25) is 0 Å². The highest BCUT2D eigenvalue weighted by atomic mass is 35.5. The number of nitrogens with one attached hydrogen (secondary N) is 1. The lowest BCUT2D eigenvalue weighted by atomic mass is 9.77. The molecule has 21 heavy (non-hydrogen) atoms. The average molecular weight is 300 g/mol. The normalized spacial score (nSPS) is 26.1. The molecule has 0 amide bonds. The third-order valence-electron chi connectivity index (χ3n) is 4.59. The van der Waals surface area contributed by atoms with E-state index in [1.54, 1.807) is 6.07 Å². The topological polar surface area (TPSA) is 12.0 Å². The van der Waals surface area contributed by atoms with Gasteiger partial charge in [-0.15, -0.1) is 0 Å². The summed E-state index contributed by atoms with van der Waals surface area (Å²) in [5, 5.41) is 4.13. The third-order valence-corrected chi connectivity index (χ3v) is 4.93. The SMILES string of the molecule is Fc1cccc2c1N[C@H](c1ccccc1Cl)[C@H]1CC=C[C@H]21. The van der Waals surface area contributed by atoms with Gasteiger partial charge in [-0.2, -0.15) is 0 Å². The van der Waals surface area contributed by atoms with E-state index in [4.69, 9.17) is 11.6 Å². The Morgan fingerprint density at radius 1 is 1.05 bits per heavy atom. The first-order valence-electron chi connectivity index (χ1n) is 7.22. The van der Waals surface area contributed by atoms with Crippen molar-refractivity contribution in [2.45, 2.75) is 18.4 Å². The van der Waals surface area contributed by atoms with E-state index in [0.29, 0.717) is 11.6 Å². The second-order valence-electron chi connectivity index (χ2n) is 5.70. The van der Waals surface area contributed by atoms with Crippen molar-refractivity contribution in [3.05, 3.63) is 76.6 Å². The highest BCUT2D eigenvalue weighted by Gasteiger charge is 2.39. The Labute approximate surface area is 128 Å². The maximum absolute atomic E-state index is 14.2. The van der Waals surface area contributed by atoms with Crippen LogP contribution in [-0.4, -0.2) is 0 Å². The van der Waals surface area contributed by atoms with Crippen LogP contribution in [0.1, 0.15) is 29.5 Å². The van der Waals surface area contributed by atoms with Crippen LogP contribution < -0.4 is 5.32 Å². The van der Waals surface area contributed by atoms with Crippen molar-refractivity contribution in [2.24, 2.45) is 5.92 Å². The molecule has 0 bridgehead atoms. The van der Waals surface area contributed by atoms with Gasteiger partial charge in [-0.3, -0.25) is 0 Å². The molecule has 2 aromatic rings. The smallest absolute Gasteiger partial charge is 0.146 e. The van der Waals surface area contributed by atoms with Crippen molar-refractivity contribution in [1.29, 1.82) is 0 Å². The number of anilines is 1. The lowest BCUT2D eigenvalue weighted by molar-refractivity contribution is 0.421. The third kappa shape index (κ3) is 1.97. The van der Waals surface area contributed by atoms with Gasteiger partial charge in [0.1, 0.15) is 5.82 Å². The first kappa shape index (κ1) is 12.9. The number of para-hydroxylation sites is 1. The van der Waals surface area contributed by atoms with Crippen LogP contribution >= 0.6 is 11.6 Å². The van der Waals surface area contributed by atoms with Gasteiger partial charge in [0, 0.05) is 10.9 Å². The molecule has 0 spiro atoms. The van der Waals surface area contributed by atoms with Gasteiger partial charge in [-0.05, 0) is 35.6 Å². The molecular formula is C18H15ClFN. The van der Waals surface area contributed by atoms with Crippen LogP contribution in [0.2, 0.25) is 5.02 Å². The minimum absolute atomic E-state index is 0.0445. The Hall–Kier alpha value is -1.80. The van der Waals surface area contributed by atoms with Crippen LogP contribution in [0.15, 0.2) is 54.6 Å². The van der Waals surface area contributed by atoms with Crippen LogP contribution in [0.5, 0.6) is 0 Å². The monoisotopic (exact) mass is 299 g/mol. The minimum Gasteiger partial charge on any atom is -0.375 e. The quantitative estimate of drug-likeness (QED) is 0.704. The van der Waals surface area contributed by atoms with Gasteiger partial charge in [-0.1, -0.05) is 54.1 Å². The molecule has 2 aromatic carbocycles. The predicted molar refractivity (Wildman–Crippen MR) is 84.2 cm³/mol. The summed E-state index contributed by atoms with van der Waals surface area (Å²) in [6.45, 7) is 0. The van der Waals surface area contributed by atoms with E-state index >= 15 is 0 Å². The van der Waals surface area contributed by atoms with Crippen molar-refractivity contribution < 1.29 is 4.39 Å². The van der Waals surface area contributed by atoms with Crippen molar-refractivity contribution >= 4 is 17.3 Å². The van der Waals surface area contributed by atoms with E-state index < -0.39 is 0 Å². The highest BCUT2D eigenvalue weighted by molar-refractivity contribution is 6.31. The van der Waals surface area contributed by atoms with Gasteiger partial charge in [0.25, 0.3) is 0 Å². The molecule has 0 saturated carbocycles. The van der Waals surface area contributed by atoms with Crippen LogP contribution in [0.3, 0.4) is 0 Å². The fourth-order valence-corrected chi connectivity index (χ4v) is 3.87. The van der Waals surface area contributed by atoms with Gasteiger partial charge in [0.15, 0.2) is 0 Å². The van der Waals surface area contributed by atoms with Crippen molar-refractivity contribution in [3.8, 4) is 0 Å². The summed E-state index contributed by atoms with van der Waals surface area (Å²) in [6.07, 6.45) is 5.39. The summed E-state index contributed by atoms with van der Waals surface area (Å²) in [4.78, 5) is 0. The van der Waals surface area contributed by atoms with Crippen LogP contribution in [0, 0.1) is 11.7 Å². The predicted octanol–water partition coefficient (Wildman–Crippen LogP) is 5.31. The van der Waals surface area contributed by atoms with Gasteiger partial charge < -0.3 is 5.32 Å². The standard InChI is InChI=1S/C18H15ClFN/c19-15-9-2-1-5-14(15)17-12-7-3-6-11(12)13-8-4-10-16(20)18(13)21-17/h1-6,8-12,17,21H,7H2/t11-,12-,17-/m0/s1. The van der Waals surface area contributed by atoms with Gasteiger partial charge >= 0.3 is 0 Å². The average Bonchev–Trinajstić information content (AvgIpc) is 2.97. The Morgan fingerprint density at radius 2 is 1.86 bits per heavy atom. The van der Waals surface area contributed by atoms with Crippen LogP contribution in [0.25, 0.3) is 0 Å². The first-order valence-corrected chi connectivity index (χ1v) is 7.59. The lowest BCUT2D eigenvalue weighted by Crippen LogP contribution is -2.29. The number of hydrogen-bond donors (Lipinski definition) is 1. The van der Waals surface area contributed by atoms with Gasteiger partial charge in [-0.25, -0.2) is 4.39 Å². The largest absolute Gasteiger partial charge is 0.375 e. The first-order chi connectivity index (χ1) is 10.3. The van der Waals surface area contributed by atoms with Crippen LogP contribution in [-0.2, 0) is 0 Å². The van der Waals surface area contributed by atoms with E-state index in [1.165, 1.54) is 6.07 Å². The molecule has 0 radical (unpaired) electrons.